The second-order valence-electron chi connectivity index (χ2n) is 3.92. The Kier molecular flexibility index (Phi) is 4.75. The van der Waals surface area contributed by atoms with Crippen molar-refractivity contribution in [3.05, 3.63) is 29.3 Å². The molecule has 0 bridgehead atoms. The van der Waals surface area contributed by atoms with Crippen LogP contribution in [0.5, 0.6) is 0 Å². The fraction of sp³-hybridized carbons (Fsp3) is 0.500. The van der Waals surface area contributed by atoms with Gasteiger partial charge in [0.25, 0.3) is 0 Å². The van der Waals surface area contributed by atoms with Crippen LogP contribution in [0.1, 0.15) is 30.9 Å². The molecule has 0 fully saturated rings. The van der Waals surface area contributed by atoms with Gasteiger partial charge in [0.2, 0.25) is 5.95 Å². The van der Waals surface area contributed by atoms with Gasteiger partial charge in [0.15, 0.2) is 0 Å². The molecule has 1 rings (SSSR count). The number of nitrogens with zero attached hydrogens (tertiary/aromatic N) is 1. The predicted molar refractivity (Wildman–Crippen MR) is 60.9 cm³/mol. The van der Waals surface area contributed by atoms with E-state index in [1.165, 1.54) is 19.4 Å². The van der Waals surface area contributed by atoms with E-state index in [2.05, 4.69) is 9.72 Å². The van der Waals surface area contributed by atoms with Crippen LogP contribution in [0.25, 0.3) is 0 Å². The molecule has 0 saturated carbocycles. The molecule has 1 heterocycles. The van der Waals surface area contributed by atoms with Gasteiger partial charge < -0.3 is 14.9 Å². The summed E-state index contributed by atoms with van der Waals surface area (Å²) in [5, 5.41) is 19.6. The van der Waals surface area contributed by atoms with Gasteiger partial charge in [-0.1, -0.05) is 6.92 Å². The van der Waals surface area contributed by atoms with E-state index in [0.717, 1.165) is 0 Å². The molecule has 100 valence electrons. The fourth-order valence-corrected chi connectivity index (χ4v) is 1.77. The Balaban J connectivity index is 3.23. The molecule has 2 N–H and O–H groups in total. The first-order chi connectivity index (χ1) is 8.48. The van der Waals surface area contributed by atoms with E-state index >= 15 is 0 Å². The summed E-state index contributed by atoms with van der Waals surface area (Å²) >= 11 is 0. The highest BCUT2D eigenvalue weighted by Crippen LogP contribution is 2.32. The van der Waals surface area contributed by atoms with Crippen LogP contribution in [0.15, 0.2) is 12.3 Å². The van der Waals surface area contributed by atoms with Crippen LogP contribution in [-0.2, 0) is 21.7 Å². The van der Waals surface area contributed by atoms with Gasteiger partial charge >= 0.3 is 5.97 Å². The van der Waals surface area contributed by atoms with Gasteiger partial charge in [0.1, 0.15) is 5.60 Å². The van der Waals surface area contributed by atoms with Crippen molar-refractivity contribution in [2.24, 2.45) is 0 Å². The summed E-state index contributed by atoms with van der Waals surface area (Å²) in [5.74, 6) is -1.47. The van der Waals surface area contributed by atoms with E-state index in [1.807, 2.05) is 0 Å². The molecule has 18 heavy (non-hydrogen) atoms. The zero-order chi connectivity index (χ0) is 13.8. The average molecular weight is 257 g/mol. The van der Waals surface area contributed by atoms with Crippen molar-refractivity contribution in [1.29, 1.82) is 0 Å². The minimum absolute atomic E-state index is 0.106. The van der Waals surface area contributed by atoms with Crippen molar-refractivity contribution >= 4 is 5.97 Å². The summed E-state index contributed by atoms with van der Waals surface area (Å²) in [7, 11) is 1.21. The van der Waals surface area contributed by atoms with Gasteiger partial charge in [-0.15, -0.1) is 0 Å². The van der Waals surface area contributed by atoms with Gasteiger partial charge in [-0.3, -0.25) is 4.79 Å². The Labute approximate surface area is 104 Å². The molecule has 0 aliphatic rings. The van der Waals surface area contributed by atoms with Gasteiger partial charge in [-0.05, 0) is 18.1 Å². The number of hydrogen-bond acceptors (Lipinski definition) is 5. The normalized spacial score (nSPS) is 14.1. The Hall–Kier alpha value is -1.53. The third-order valence-electron chi connectivity index (χ3n) is 2.91. The number of ether oxygens (including phenoxy) is 1. The maximum atomic E-state index is 13.4. The van der Waals surface area contributed by atoms with Gasteiger partial charge in [0, 0.05) is 11.8 Å². The number of rotatable bonds is 5. The Bertz CT molecular complexity index is 438. The number of aliphatic hydroxyl groups excluding tert-OH is 1. The molecule has 1 unspecified atom stereocenters. The van der Waals surface area contributed by atoms with Gasteiger partial charge in [-0.25, -0.2) is 4.98 Å². The van der Waals surface area contributed by atoms with E-state index in [4.69, 9.17) is 5.11 Å². The molecule has 1 aromatic rings. The third-order valence-corrected chi connectivity index (χ3v) is 2.91. The monoisotopic (exact) mass is 257 g/mol. The van der Waals surface area contributed by atoms with Crippen LogP contribution in [0, 0.1) is 5.95 Å². The number of aromatic nitrogens is 1. The first-order valence-corrected chi connectivity index (χ1v) is 5.52. The Morgan fingerprint density at radius 3 is 2.78 bits per heavy atom. The number of carbonyl (C=O) groups is 1. The van der Waals surface area contributed by atoms with Crippen molar-refractivity contribution in [2.45, 2.75) is 32.0 Å². The molecule has 0 spiro atoms. The van der Waals surface area contributed by atoms with Crippen molar-refractivity contribution < 1.29 is 24.1 Å². The second kappa shape index (κ2) is 5.88. The number of halogens is 1. The summed E-state index contributed by atoms with van der Waals surface area (Å²) in [4.78, 5) is 14.7. The zero-order valence-electron chi connectivity index (χ0n) is 10.3. The largest absolute Gasteiger partial charge is 0.469 e. The molecule has 6 heteroatoms. The first-order valence-electron chi connectivity index (χ1n) is 5.52. The SMILES string of the molecule is CCC(O)(CC(=O)OC)c1ccnc(F)c1CO. The molecule has 1 atom stereocenters. The maximum Gasteiger partial charge on any atom is 0.308 e. The lowest BCUT2D eigenvalue weighted by Crippen LogP contribution is -2.30. The highest BCUT2D eigenvalue weighted by atomic mass is 19.1. The Morgan fingerprint density at radius 1 is 1.61 bits per heavy atom. The number of pyridine rings is 1. The van der Waals surface area contributed by atoms with Crippen molar-refractivity contribution in [3.8, 4) is 0 Å². The second-order valence-corrected chi connectivity index (χ2v) is 3.92. The molecule has 5 nitrogen and oxygen atoms in total. The summed E-state index contributed by atoms with van der Waals surface area (Å²) in [6.45, 7) is 1.06. The molecule has 0 radical (unpaired) electrons. The van der Waals surface area contributed by atoms with Gasteiger partial charge in [0.05, 0.1) is 20.1 Å². The average Bonchev–Trinajstić information content (AvgIpc) is 2.38. The van der Waals surface area contributed by atoms with Crippen LogP contribution >= 0.6 is 0 Å². The fourth-order valence-electron chi connectivity index (χ4n) is 1.77. The van der Waals surface area contributed by atoms with Crippen LogP contribution in [0.4, 0.5) is 4.39 Å². The molecule has 0 saturated heterocycles. The molecule has 0 aromatic carbocycles. The lowest BCUT2D eigenvalue weighted by Gasteiger charge is -2.28. The summed E-state index contributed by atoms with van der Waals surface area (Å²) in [6.07, 6.45) is 1.05. The predicted octanol–water partition coefficient (Wildman–Crippen LogP) is 0.874. The minimum Gasteiger partial charge on any atom is -0.469 e. The van der Waals surface area contributed by atoms with Crippen LogP contribution in [0.3, 0.4) is 0 Å². The maximum absolute atomic E-state index is 13.4. The quantitative estimate of drug-likeness (QED) is 0.604. The lowest BCUT2D eigenvalue weighted by molar-refractivity contribution is -0.146. The highest BCUT2D eigenvalue weighted by Gasteiger charge is 2.34. The van der Waals surface area contributed by atoms with E-state index in [-0.39, 0.29) is 24.0 Å². The zero-order valence-corrected chi connectivity index (χ0v) is 10.3. The van der Waals surface area contributed by atoms with E-state index in [1.54, 1.807) is 6.92 Å². The number of aliphatic hydroxyl groups is 2. The van der Waals surface area contributed by atoms with Crippen molar-refractivity contribution in [3.63, 3.8) is 0 Å². The first kappa shape index (κ1) is 14.5. The van der Waals surface area contributed by atoms with E-state index < -0.39 is 24.1 Å². The molecule has 0 aliphatic carbocycles. The standard InChI is InChI=1S/C12H16FNO4/c1-3-12(17,6-10(16)18-2)9-4-5-14-11(13)8(9)7-15/h4-5,15,17H,3,6-7H2,1-2H3. The van der Waals surface area contributed by atoms with E-state index in [9.17, 15) is 14.3 Å². The lowest BCUT2D eigenvalue weighted by atomic mass is 9.85. The van der Waals surface area contributed by atoms with Crippen molar-refractivity contribution in [2.75, 3.05) is 7.11 Å². The van der Waals surface area contributed by atoms with Crippen LogP contribution < -0.4 is 0 Å². The van der Waals surface area contributed by atoms with Crippen LogP contribution in [-0.4, -0.2) is 28.3 Å². The molecule has 1 aromatic heterocycles. The molecular weight excluding hydrogens is 241 g/mol. The topological polar surface area (TPSA) is 79.7 Å². The summed E-state index contributed by atoms with van der Waals surface area (Å²) in [5.41, 5.74) is -1.52. The van der Waals surface area contributed by atoms with Gasteiger partial charge in [-0.2, -0.15) is 4.39 Å². The highest BCUT2D eigenvalue weighted by molar-refractivity contribution is 5.71. The number of esters is 1. The smallest absolute Gasteiger partial charge is 0.308 e. The van der Waals surface area contributed by atoms with Crippen LogP contribution in [0.2, 0.25) is 0 Å². The molecular formula is C12H16FNO4. The number of hydrogen-bond donors (Lipinski definition) is 2. The van der Waals surface area contributed by atoms with Crippen molar-refractivity contribution in [1.82, 2.24) is 4.98 Å². The summed E-state index contributed by atoms with van der Waals surface area (Å²) in [6, 6.07) is 1.39. The summed E-state index contributed by atoms with van der Waals surface area (Å²) < 4.78 is 17.9. The Morgan fingerprint density at radius 2 is 2.28 bits per heavy atom. The number of methoxy groups -OCH3 is 1. The third kappa shape index (κ3) is 2.83. The van der Waals surface area contributed by atoms with E-state index in [0.29, 0.717) is 0 Å². The number of carbonyl (C=O) groups excluding carboxylic acids is 1. The molecule has 0 aliphatic heterocycles. The minimum atomic E-state index is -1.57. The molecule has 0 amide bonds.